The molecule has 0 aliphatic rings. The van der Waals surface area contributed by atoms with Gasteiger partial charge in [-0.05, 0) is 30.3 Å². The highest BCUT2D eigenvalue weighted by Crippen LogP contribution is 2.33. The fourth-order valence-corrected chi connectivity index (χ4v) is 2.61. The van der Waals surface area contributed by atoms with Crippen molar-refractivity contribution in [1.82, 2.24) is 15.0 Å². The predicted molar refractivity (Wildman–Crippen MR) is 88.4 cm³/mol. The van der Waals surface area contributed by atoms with Gasteiger partial charge in [0.15, 0.2) is 5.82 Å². The van der Waals surface area contributed by atoms with Crippen LogP contribution in [0.15, 0.2) is 53.1 Å². The number of benzene rings is 1. The Labute approximate surface area is 157 Å². The van der Waals surface area contributed by atoms with Crippen LogP contribution in [0.5, 0.6) is 0 Å². The Balaban J connectivity index is 2.13. The summed E-state index contributed by atoms with van der Waals surface area (Å²) >= 11 is 3.21. The summed E-state index contributed by atoms with van der Waals surface area (Å²) in [7, 11) is 0. The number of pyridine rings is 1. The summed E-state index contributed by atoms with van der Waals surface area (Å²) in [5, 5.41) is 0. The minimum Gasteiger partial charge on any atom is -0.251 e. The minimum absolute atomic E-state index is 0.00662. The van der Waals surface area contributed by atoms with Crippen LogP contribution in [0.1, 0.15) is 11.4 Å². The van der Waals surface area contributed by atoms with Crippen LogP contribution >= 0.6 is 15.9 Å². The zero-order valence-electron chi connectivity index (χ0n) is 13.1. The highest BCUT2D eigenvalue weighted by molar-refractivity contribution is 9.10. The van der Waals surface area contributed by atoms with Gasteiger partial charge in [-0.1, -0.05) is 28.1 Å². The van der Waals surface area contributed by atoms with E-state index in [4.69, 9.17) is 0 Å². The molecule has 2 heterocycles. The van der Waals surface area contributed by atoms with Crippen LogP contribution in [-0.2, 0) is 12.4 Å². The highest BCUT2D eigenvalue weighted by atomic mass is 79.9. The molecule has 0 spiro atoms. The predicted octanol–water partition coefficient (Wildman–Crippen LogP) is 6.01. The lowest BCUT2D eigenvalue weighted by atomic mass is 10.1. The number of alkyl halides is 6. The molecule has 3 nitrogen and oxygen atoms in total. The molecule has 0 atom stereocenters. The summed E-state index contributed by atoms with van der Waals surface area (Å²) in [6.07, 6.45) is -8.57. The van der Waals surface area contributed by atoms with Gasteiger partial charge in [0.2, 0.25) is 0 Å². The molecule has 0 N–H and O–H groups in total. The Kier molecular flexibility index (Phi) is 4.94. The lowest BCUT2D eigenvalue weighted by Gasteiger charge is -2.11. The van der Waals surface area contributed by atoms with Crippen molar-refractivity contribution in [1.29, 1.82) is 0 Å². The van der Waals surface area contributed by atoms with Gasteiger partial charge in [0.25, 0.3) is 0 Å². The Bertz CT molecular complexity index is 968. The van der Waals surface area contributed by atoms with Crippen molar-refractivity contribution in [3.05, 3.63) is 64.5 Å². The Morgan fingerprint density at radius 2 is 1.44 bits per heavy atom. The second-order valence-electron chi connectivity index (χ2n) is 5.40. The van der Waals surface area contributed by atoms with Crippen molar-refractivity contribution in [2.24, 2.45) is 0 Å². The summed E-state index contributed by atoms with van der Waals surface area (Å²) < 4.78 is 78.1. The number of halogens is 7. The van der Waals surface area contributed by atoms with E-state index in [0.717, 1.165) is 12.3 Å². The summed E-state index contributed by atoms with van der Waals surface area (Å²) in [6, 6.07) is 8.71. The maximum absolute atomic E-state index is 13.2. The molecule has 0 unspecified atom stereocenters. The lowest BCUT2D eigenvalue weighted by molar-refractivity contribution is -0.141. The molecule has 0 aliphatic carbocycles. The second-order valence-corrected chi connectivity index (χ2v) is 6.32. The molecule has 0 saturated carbocycles. The second kappa shape index (κ2) is 6.91. The maximum Gasteiger partial charge on any atom is 0.433 e. The van der Waals surface area contributed by atoms with Gasteiger partial charge in [-0.2, -0.15) is 26.3 Å². The molecule has 140 valence electrons. The highest BCUT2D eigenvalue weighted by Gasteiger charge is 2.34. The maximum atomic E-state index is 13.2. The average molecular weight is 448 g/mol. The van der Waals surface area contributed by atoms with E-state index in [0.29, 0.717) is 22.2 Å². The van der Waals surface area contributed by atoms with Crippen LogP contribution in [-0.4, -0.2) is 15.0 Å². The Morgan fingerprint density at radius 1 is 0.741 bits per heavy atom. The van der Waals surface area contributed by atoms with Crippen molar-refractivity contribution in [3.8, 4) is 22.6 Å². The molecule has 10 heteroatoms. The first-order valence-electron chi connectivity index (χ1n) is 7.30. The van der Waals surface area contributed by atoms with E-state index in [1.165, 1.54) is 12.1 Å². The van der Waals surface area contributed by atoms with E-state index in [1.54, 1.807) is 12.1 Å². The monoisotopic (exact) mass is 447 g/mol. The van der Waals surface area contributed by atoms with Gasteiger partial charge in [-0.15, -0.1) is 0 Å². The van der Waals surface area contributed by atoms with Gasteiger partial charge in [-0.25, -0.2) is 9.97 Å². The van der Waals surface area contributed by atoms with E-state index in [9.17, 15) is 26.3 Å². The number of hydrogen-bond donors (Lipinski definition) is 0. The van der Waals surface area contributed by atoms with Crippen LogP contribution in [0.2, 0.25) is 0 Å². The number of aromatic nitrogens is 3. The van der Waals surface area contributed by atoms with E-state index in [1.807, 2.05) is 0 Å². The normalized spacial score (nSPS) is 12.3. The zero-order valence-corrected chi connectivity index (χ0v) is 14.7. The molecule has 27 heavy (non-hydrogen) atoms. The van der Waals surface area contributed by atoms with Gasteiger partial charge >= 0.3 is 12.4 Å². The molecular weight excluding hydrogens is 440 g/mol. The van der Waals surface area contributed by atoms with E-state index in [-0.39, 0.29) is 17.1 Å². The third-order valence-electron chi connectivity index (χ3n) is 3.45. The molecule has 2 aromatic heterocycles. The molecule has 3 aromatic rings. The molecule has 1 aromatic carbocycles. The molecule has 0 saturated heterocycles. The molecule has 0 bridgehead atoms. The largest absolute Gasteiger partial charge is 0.433 e. The molecule has 0 aliphatic heterocycles. The van der Waals surface area contributed by atoms with Crippen LogP contribution in [0.3, 0.4) is 0 Å². The standard InChI is InChI=1S/C17H8BrF6N3/c18-11-3-1-2-9(6-11)15-26-12(7-14(27-15)17(22,23)24)10-4-5-13(25-8-10)16(19,20)21/h1-8H. The molecule has 3 rings (SSSR count). The third kappa shape index (κ3) is 4.44. The number of hydrogen-bond acceptors (Lipinski definition) is 3. The first kappa shape index (κ1) is 19.3. The van der Waals surface area contributed by atoms with Crippen molar-refractivity contribution in [3.63, 3.8) is 0 Å². The smallest absolute Gasteiger partial charge is 0.251 e. The van der Waals surface area contributed by atoms with Crippen LogP contribution < -0.4 is 0 Å². The van der Waals surface area contributed by atoms with Gasteiger partial charge < -0.3 is 0 Å². The summed E-state index contributed by atoms with van der Waals surface area (Å²) in [4.78, 5) is 10.9. The molecular formula is C17H8BrF6N3. The van der Waals surface area contributed by atoms with Crippen LogP contribution in [0, 0.1) is 0 Å². The average Bonchev–Trinajstić information content (AvgIpc) is 2.60. The Morgan fingerprint density at radius 3 is 2.00 bits per heavy atom. The third-order valence-corrected chi connectivity index (χ3v) is 3.94. The van der Waals surface area contributed by atoms with Gasteiger partial charge in [0.05, 0.1) is 5.69 Å². The Hall–Kier alpha value is -2.49. The van der Waals surface area contributed by atoms with Crippen molar-refractivity contribution < 1.29 is 26.3 Å². The van der Waals surface area contributed by atoms with Crippen molar-refractivity contribution >= 4 is 15.9 Å². The fraction of sp³-hybridized carbons (Fsp3) is 0.118. The van der Waals surface area contributed by atoms with Gasteiger partial charge in [-0.3, -0.25) is 4.98 Å². The van der Waals surface area contributed by atoms with Crippen LogP contribution in [0.25, 0.3) is 22.6 Å². The molecule has 0 radical (unpaired) electrons. The zero-order chi connectivity index (χ0) is 19.8. The van der Waals surface area contributed by atoms with Crippen molar-refractivity contribution in [2.75, 3.05) is 0 Å². The van der Waals surface area contributed by atoms with Gasteiger partial charge in [0, 0.05) is 21.8 Å². The number of nitrogens with zero attached hydrogens (tertiary/aromatic N) is 3. The fourth-order valence-electron chi connectivity index (χ4n) is 2.21. The number of rotatable bonds is 2. The summed E-state index contributed by atoms with van der Waals surface area (Å²) in [5.74, 6) is -0.207. The topological polar surface area (TPSA) is 38.7 Å². The first-order valence-corrected chi connectivity index (χ1v) is 8.09. The lowest BCUT2D eigenvalue weighted by Crippen LogP contribution is -2.11. The van der Waals surface area contributed by atoms with E-state index in [2.05, 4.69) is 30.9 Å². The SMILES string of the molecule is FC(F)(F)c1ccc(-c2cc(C(F)(F)F)nc(-c3cccc(Br)c3)n2)cn1. The van der Waals surface area contributed by atoms with Crippen LogP contribution in [0.4, 0.5) is 26.3 Å². The first-order chi connectivity index (χ1) is 12.5. The molecule has 0 amide bonds. The molecule has 0 fully saturated rings. The minimum atomic E-state index is -4.75. The summed E-state index contributed by atoms with van der Waals surface area (Å²) in [6.45, 7) is 0. The van der Waals surface area contributed by atoms with E-state index >= 15 is 0 Å². The summed E-state index contributed by atoms with van der Waals surface area (Å²) in [5.41, 5.74) is -2.22. The quantitative estimate of drug-likeness (QED) is 0.451. The van der Waals surface area contributed by atoms with Gasteiger partial charge in [0.1, 0.15) is 11.4 Å². The van der Waals surface area contributed by atoms with Crippen molar-refractivity contribution in [2.45, 2.75) is 12.4 Å². The van der Waals surface area contributed by atoms with E-state index < -0.39 is 23.7 Å².